The van der Waals surface area contributed by atoms with Crippen molar-refractivity contribution in [3.8, 4) is 11.8 Å². The number of rotatable bonds is 5. The fourth-order valence-corrected chi connectivity index (χ4v) is 2.05. The molecule has 0 aliphatic rings. The summed E-state index contributed by atoms with van der Waals surface area (Å²) in [4.78, 5) is 0. The molecule has 0 spiro atoms. The Morgan fingerprint density at radius 3 is 2.75 bits per heavy atom. The second-order valence-electron chi connectivity index (χ2n) is 4.56. The van der Waals surface area contributed by atoms with E-state index >= 15 is 0 Å². The molecule has 0 radical (unpaired) electrons. The zero-order valence-corrected chi connectivity index (χ0v) is 11.8. The standard InChI is InChI=1S/C17H18N2O/c1-3-20-17-9-5-8-16(11-17)19-13(2)15-7-4-6-14(10-15)12-18/h4-11,13,19H,3H2,1-2H3. The van der Waals surface area contributed by atoms with Crippen LogP contribution in [-0.4, -0.2) is 6.61 Å². The zero-order valence-electron chi connectivity index (χ0n) is 11.8. The van der Waals surface area contributed by atoms with Crippen molar-refractivity contribution in [2.75, 3.05) is 11.9 Å². The first-order valence-corrected chi connectivity index (χ1v) is 6.72. The summed E-state index contributed by atoms with van der Waals surface area (Å²) in [6, 6.07) is 17.8. The Bertz CT molecular complexity index is 616. The molecule has 2 aromatic carbocycles. The summed E-state index contributed by atoms with van der Waals surface area (Å²) < 4.78 is 5.49. The Balaban J connectivity index is 2.12. The number of nitriles is 1. The number of ether oxygens (including phenoxy) is 1. The molecule has 3 nitrogen and oxygen atoms in total. The molecule has 1 unspecified atom stereocenters. The molecule has 3 heteroatoms. The third kappa shape index (κ3) is 3.52. The van der Waals surface area contributed by atoms with Gasteiger partial charge < -0.3 is 10.1 Å². The minimum atomic E-state index is 0.125. The molecule has 0 heterocycles. The molecule has 0 aliphatic carbocycles. The lowest BCUT2D eigenvalue weighted by molar-refractivity contribution is 0.340. The van der Waals surface area contributed by atoms with Gasteiger partial charge in [-0.3, -0.25) is 0 Å². The number of benzene rings is 2. The Morgan fingerprint density at radius 2 is 2.00 bits per heavy atom. The fourth-order valence-electron chi connectivity index (χ4n) is 2.05. The number of hydrogen-bond acceptors (Lipinski definition) is 3. The number of anilines is 1. The molecule has 0 aromatic heterocycles. The van der Waals surface area contributed by atoms with E-state index in [0.29, 0.717) is 12.2 Å². The van der Waals surface area contributed by atoms with E-state index in [9.17, 15) is 0 Å². The summed E-state index contributed by atoms with van der Waals surface area (Å²) in [7, 11) is 0. The van der Waals surface area contributed by atoms with Crippen molar-refractivity contribution < 1.29 is 4.74 Å². The van der Waals surface area contributed by atoms with E-state index < -0.39 is 0 Å². The van der Waals surface area contributed by atoms with Gasteiger partial charge in [0, 0.05) is 17.8 Å². The van der Waals surface area contributed by atoms with Gasteiger partial charge in [-0.15, -0.1) is 0 Å². The lowest BCUT2D eigenvalue weighted by atomic mass is 10.1. The summed E-state index contributed by atoms with van der Waals surface area (Å²) in [6.45, 7) is 4.70. The summed E-state index contributed by atoms with van der Waals surface area (Å²) >= 11 is 0. The Kier molecular flexibility index (Phi) is 4.62. The highest BCUT2D eigenvalue weighted by Gasteiger charge is 2.06. The Hall–Kier alpha value is -2.47. The lowest BCUT2D eigenvalue weighted by Gasteiger charge is -2.16. The maximum atomic E-state index is 8.94. The quantitative estimate of drug-likeness (QED) is 0.885. The number of nitrogens with one attached hydrogen (secondary N) is 1. The molecule has 2 aromatic rings. The first-order chi connectivity index (χ1) is 9.72. The summed E-state index contributed by atoms with van der Waals surface area (Å²) in [5.74, 6) is 0.857. The van der Waals surface area contributed by atoms with Crippen LogP contribution in [-0.2, 0) is 0 Å². The number of hydrogen-bond donors (Lipinski definition) is 1. The van der Waals surface area contributed by atoms with Crippen molar-refractivity contribution in [3.05, 3.63) is 59.7 Å². The Labute approximate surface area is 119 Å². The highest BCUT2D eigenvalue weighted by atomic mass is 16.5. The largest absolute Gasteiger partial charge is 0.494 e. The predicted molar refractivity (Wildman–Crippen MR) is 80.8 cm³/mol. The molecule has 1 atom stereocenters. The summed E-state index contributed by atoms with van der Waals surface area (Å²) in [6.07, 6.45) is 0. The van der Waals surface area contributed by atoms with E-state index in [1.165, 1.54) is 0 Å². The van der Waals surface area contributed by atoms with Gasteiger partial charge in [-0.1, -0.05) is 18.2 Å². The van der Waals surface area contributed by atoms with E-state index in [2.05, 4.69) is 18.3 Å². The van der Waals surface area contributed by atoms with Crippen molar-refractivity contribution in [1.82, 2.24) is 0 Å². The maximum Gasteiger partial charge on any atom is 0.121 e. The lowest BCUT2D eigenvalue weighted by Crippen LogP contribution is -2.06. The molecule has 2 rings (SSSR count). The van der Waals surface area contributed by atoms with E-state index in [-0.39, 0.29) is 6.04 Å². The third-order valence-corrected chi connectivity index (χ3v) is 3.04. The maximum absolute atomic E-state index is 8.94. The van der Waals surface area contributed by atoms with E-state index in [1.54, 1.807) is 0 Å². The SMILES string of the molecule is CCOc1cccc(NC(C)c2cccc(C#N)c2)c1. The second kappa shape index (κ2) is 6.63. The first-order valence-electron chi connectivity index (χ1n) is 6.72. The van der Waals surface area contributed by atoms with Crippen LogP contribution >= 0.6 is 0 Å². The van der Waals surface area contributed by atoms with E-state index in [4.69, 9.17) is 10.00 Å². The van der Waals surface area contributed by atoms with Crippen molar-refractivity contribution in [2.24, 2.45) is 0 Å². The van der Waals surface area contributed by atoms with Crippen LogP contribution in [0.2, 0.25) is 0 Å². The average molecular weight is 266 g/mol. The van der Waals surface area contributed by atoms with Crippen LogP contribution in [0.5, 0.6) is 5.75 Å². The van der Waals surface area contributed by atoms with Gasteiger partial charge in [0.15, 0.2) is 0 Å². The predicted octanol–water partition coefficient (Wildman–Crippen LogP) is 4.13. The molecule has 0 aliphatic heterocycles. The topological polar surface area (TPSA) is 45.0 Å². The third-order valence-electron chi connectivity index (χ3n) is 3.04. The first kappa shape index (κ1) is 14.0. The molecule has 0 amide bonds. The van der Waals surface area contributed by atoms with Crippen molar-refractivity contribution in [2.45, 2.75) is 19.9 Å². The van der Waals surface area contributed by atoms with Crippen LogP contribution in [0.25, 0.3) is 0 Å². The minimum absolute atomic E-state index is 0.125. The normalized spacial score (nSPS) is 11.4. The van der Waals surface area contributed by atoms with E-state index in [1.807, 2.05) is 55.5 Å². The Morgan fingerprint density at radius 1 is 1.20 bits per heavy atom. The van der Waals surface area contributed by atoms with Gasteiger partial charge in [0.05, 0.1) is 18.2 Å². The van der Waals surface area contributed by atoms with Crippen LogP contribution in [0.15, 0.2) is 48.5 Å². The van der Waals surface area contributed by atoms with Crippen molar-refractivity contribution in [1.29, 1.82) is 5.26 Å². The van der Waals surface area contributed by atoms with Crippen LogP contribution in [0.1, 0.15) is 31.0 Å². The molecule has 0 saturated carbocycles. The summed E-state index contributed by atoms with van der Waals surface area (Å²) in [5, 5.41) is 12.4. The molecule has 0 bridgehead atoms. The highest BCUT2D eigenvalue weighted by molar-refractivity contribution is 5.50. The molecule has 102 valence electrons. The van der Waals surface area contributed by atoms with Crippen molar-refractivity contribution in [3.63, 3.8) is 0 Å². The molecular weight excluding hydrogens is 248 g/mol. The van der Waals surface area contributed by atoms with Gasteiger partial charge in [0.2, 0.25) is 0 Å². The smallest absolute Gasteiger partial charge is 0.121 e. The highest BCUT2D eigenvalue weighted by Crippen LogP contribution is 2.23. The minimum Gasteiger partial charge on any atom is -0.494 e. The van der Waals surface area contributed by atoms with Gasteiger partial charge in [0.25, 0.3) is 0 Å². The second-order valence-corrected chi connectivity index (χ2v) is 4.56. The van der Waals surface area contributed by atoms with E-state index in [0.717, 1.165) is 17.0 Å². The molecule has 20 heavy (non-hydrogen) atoms. The molecule has 0 fully saturated rings. The number of nitrogens with zero attached hydrogens (tertiary/aromatic N) is 1. The van der Waals surface area contributed by atoms with Crippen LogP contribution in [0.4, 0.5) is 5.69 Å². The summed E-state index contributed by atoms with van der Waals surface area (Å²) in [5.41, 5.74) is 2.77. The fraction of sp³-hybridized carbons (Fsp3) is 0.235. The monoisotopic (exact) mass is 266 g/mol. The van der Waals surface area contributed by atoms with Gasteiger partial charge in [-0.05, 0) is 43.7 Å². The van der Waals surface area contributed by atoms with Gasteiger partial charge in [0.1, 0.15) is 5.75 Å². The molecular formula is C17H18N2O. The van der Waals surface area contributed by atoms with Gasteiger partial charge >= 0.3 is 0 Å². The van der Waals surface area contributed by atoms with Gasteiger partial charge in [-0.2, -0.15) is 5.26 Å². The van der Waals surface area contributed by atoms with Crippen LogP contribution in [0, 0.1) is 11.3 Å². The molecule has 1 N–H and O–H groups in total. The van der Waals surface area contributed by atoms with Crippen LogP contribution < -0.4 is 10.1 Å². The van der Waals surface area contributed by atoms with Crippen molar-refractivity contribution >= 4 is 5.69 Å². The average Bonchev–Trinajstić information content (AvgIpc) is 2.48. The van der Waals surface area contributed by atoms with Gasteiger partial charge in [-0.25, -0.2) is 0 Å². The zero-order chi connectivity index (χ0) is 14.4. The van der Waals surface area contributed by atoms with Crippen LogP contribution in [0.3, 0.4) is 0 Å². The molecule has 0 saturated heterocycles.